The fraction of sp³-hybridized carbons (Fsp3) is 0.222. The molecule has 0 aromatic carbocycles. The molecule has 1 unspecified atom stereocenters. The van der Waals surface area contributed by atoms with Gasteiger partial charge in [0.2, 0.25) is 0 Å². The Morgan fingerprint density at radius 2 is 2.30 bits per heavy atom. The van der Waals surface area contributed by atoms with Crippen molar-refractivity contribution in [3.63, 3.8) is 0 Å². The monoisotopic (exact) mass is 302 g/mol. The standard InChI is InChI=1S/C9H10.W/c1-2-6-9-7-4-3-5-8-9;/h3-9H,1H3;/q-2;+2. The van der Waals surface area contributed by atoms with Gasteiger partial charge in [-0.2, -0.15) is 6.92 Å². The quantitative estimate of drug-likeness (QED) is 0.652. The summed E-state index contributed by atoms with van der Waals surface area (Å²) in [5.74, 6) is 0.472. The summed E-state index contributed by atoms with van der Waals surface area (Å²) in [7, 11) is 0. The van der Waals surface area contributed by atoms with E-state index >= 15 is 0 Å². The second-order valence-electron chi connectivity index (χ2n) is 1.99. The van der Waals surface area contributed by atoms with Gasteiger partial charge in [0, 0.05) is 0 Å². The van der Waals surface area contributed by atoms with Crippen molar-refractivity contribution in [1.29, 1.82) is 0 Å². The molecule has 0 bridgehead atoms. The van der Waals surface area contributed by atoms with Crippen LogP contribution in [0.1, 0.15) is 6.92 Å². The average molecular weight is 302 g/mol. The SMILES string of the molecule is C[C-]=CC1C=CC=C[CH-]1.[W+2]. The van der Waals surface area contributed by atoms with Gasteiger partial charge in [-0.05, 0) is 0 Å². The molecule has 1 aliphatic rings. The number of allylic oxidation sites excluding steroid dienone is 6. The Labute approximate surface area is 77.0 Å². The van der Waals surface area contributed by atoms with Crippen LogP contribution in [-0.2, 0) is 21.1 Å². The fourth-order valence-electron chi connectivity index (χ4n) is 0.817. The van der Waals surface area contributed by atoms with E-state index in [1.165, 1.54) is 0 Å². The Kier molecular flexibility index (Phi) is 5.43. The van der Waals surface area contributed by atoms with Crippen molar-refractivity contribution in [3.8, 4) is 0 Å². The van der Waals surface area contributed by atoms with Crippen molar-refractivity contribution < 1.29 is 21.1 Å². The third-order valence-corrected chi connectivity index (χ3v) is 1.25. The molecule has 0 nitrogen and oxygen atoms in total. The van der Waals surface area contributed by atoms with Gasteiger partial charge in [0.05, 0.1) is 0 Å². The first-order valence-electron chi connectivity index (χ1n) is 3.12. The molecule has 0 saturated carbocycles. The molecule has 0 aromatic rings. The van der Waals surface area contributed by atoms with Gasteiger partial charge in [0.1, 0.15) is 0 Å². The van der Waals surface area contributed by atoms with E-state index in [4.69, 9.17) is 0 Å². The van der Waals surface area contributed by atoms with E-state index in [1.807, 2.05) is 19.1 Å². The van der Waals surface area contributed by atoms with Crippen LogP contribution in [0, 0.1) is 18.4 Å². The van der Waals surface area contributed by atoms with Crippen molar-refractivity contribution in [2.24, 2.45) is 5.92 Å². The second-order valence-corrected chi connectivity index (χ2v) is 1.99. The molecule has 0 N–H and O–H groups in total. The van der Waals surface area contributed by atoms with Gasteiger partial charge in [0.15, 0.2) is 0 Å². The molecule has 0 aliphatic heterocycles. The van der Waals surface area contributed by atoms with E-state index < -0.39 is 0 Å². The molecular weight excluding hydrogens is 292 g/mol. The normalized spacial score (nSPS) is 22.3. The van der Waals surface area contributed by atoms with Crippen molar-refractivity contribution in [1.82, 2.24) is 0 Å². The van der Waals surface area contributed by atoms with Gasteiger partial charge < -0.3 is 6.08 Å². The third-order valence-electron chi connectivity index (χ3n) is 1.25. The van der Waals surface area contributed by atoms with Crippen LogP contribution < -0.4 is 0 Å². The molecule has 1 heteroatoms. The van der Waals surface area contributed by atoms with Crippen molar-refractivity contribution in [2.75, 3.05) is 0 Å². The van der Waals surface area contributed by atoms with Crippen LogP contribution in [0.3, 0.4) is 0 Å². The van der Waals surface area contributed by atoms with Crippen LogP contribution in [0.25, 0.3) is 0 Å². The number of hydrogen-bond acceptors (Lipinski definition) is 0. The predicted molar refractivity (Wildman–Crippen MR) is 39.6 cm³/mol. The first-order valence-corrected chi connectivity index (χ1v) is 3.12. The Hall–Kier alpha value is -0.222. The maximum absolute atomic E-state index is 3.00. The summed E-state index contributed by atoms with van der Waals surface area (Å²) in [5, 5.41) is 0. The van der Waals surface area contributed by atoms with E-state index in [-0.39, 0.29) is 21.1 Å². The van der Waals surface area contributed by atoms with Crippen molar-refractivity contribution in [3.05, 3.63) is 42.9 Å². The molecule has 0 fully saturated rings. The molecule has 1 aliphatic carbocycles. The zero-order valence-electron chi connectivity index (χ0n) is 5.95. The topological polar surface area (TPSA) is 0 Å². The summed E-state index contributed by atoms with van der Waals surface area (Å²) in [6.07, 6.45) is 15.4. The summed E-state index contributed by atoms with van der Waals surface area (Å²) in [5.41, 5.74) is 0. The molecule has 0 radical (unpaired) electrons. The molecule has 1 rings (SSSR count). The summed E-state index contributed by atoms with van der Waals surface area (Å²) < 4.78 is 0. The van der Waals surface area contributed by atoms with E-state index in [0.717, 1.165) is 0 Å². The van der Waals surface area contributed by atoms with Gasteiger partial charge in [-0.25, -0.2) is 18.6 Å². The smallest absolute Gasteiger partial charge is 0.504 e. The van der Waals surface area contributed by atoms with Crippen LogP contribution >= 0.6 is 0 Å². The van der Waals surface area contributed by atoms with Gasteiger partial charge in [0.25, 0.3) is 0 Å². The Balaban J connectivity index is 0.000000810. The molecule has 52 valence electrons. The summed E-state index contributed by atoms with van der Waals surface area (Å²) >= 11 is 0. The summed E-state index contributed by atoms with van der Waals surface area (Å²) in [6, 6.07) is 0. The molecule has 10 heavy (non-hydrogen) atoms. The maximum atomic E-state index is 3.00. The van der Waals surface area contributed by atoms with Crippen LogP contribution in [0.15, 0.2) is 30.4 Å². The van der Waals surface area contributed by atoms with Crippen LogP contribution in [-0.4, -0.2) is 0 Å². The minimum atomic E-state index is 0. The van der Waals surface area contributed by atoms with Gasteiger partial charge >= 0.3 is 21.1 Å². The van der Waals surface area contributed by atoms with Gasteiger partial charge in [-0.3, -0.25) is 6.08 Å². The summed E-state index contributed by atoms with van der Waals surface area (Å²) in [4.78, 5) is 0. The van der Waals surface area contributed by atoms with Crippen LogP contribution in [0.4, 0.5) is 0 Å². The van der Waals surface area contributed by atoms with Crippen molar-refractivity contribution in [2.45, 2.75) is 6.92 Å². The van der Waals surface area contributed by atoms with E-state index in [9.17, 15) is 0 Å². The first-order chi connectivity index (χ1) is 4.43. The summed E-state index contributed by atoms with van der Waals surface area (Å²) in [6.45, 7) is 1.92. The zero-order valence-corrected chi connectivity index (χ0v) is 8.88. The Bertz CT molecular complexity index is 154. The number of rotatable bonds is 1. The molecular formula is C9H10W. The van der Waals surface area contributed by atoms with Crippen LogP contribution in [0.5, 0.6) is 0 Å². The van der Waals surface area contributed by atoms with Crippen LogP contribution in [0.2, 0.25) is 0 Å². The Morgan fingerprint density at radius 3 is 2.80 bits per heavy atom. The minimum Gasteiger partial charge on any atom is -0.504 e. The molecule has 0 aromatic heterocycles. The third kappa shape index (κ3) is 3.08. The van der Waals surface area contributed by atoms with E-state index in [0.29, 0.717) is 5.92 Å². The first kappa shape index (κ1) is 9.78. The minimum absolute atomic E-state index is 0. The largest absolute Gasteiger partial charge is 2.00 e. The molecule has 0 heterocycles. The zero-order chi connectivity index (χ0) is 6.53. The van der Waals surface area contributed by atoms with Gasteiger partial charge in [-0.1, -0.05) is 5.92 Å². The molecule has 0 amide bonds. The Morgan fingerprint density at radius 1 is 1.50 bits per heavy atom. The average Bonchev–Trinajstić information content (AvgIpc) is 1.91. The fourth-order valence-corrected chi connectivity index (χ4v) is 0.817. The second kappa shape index (κ2) is 5.55. The maximum Gasteiger partial charge on any atom is 2.00 e. The molecule has 1 atom stereocenters. The van der Waals surface area contributed by atoms with Crippen molar-refractivity contribution >= 4 is 0 Å². The van der Waals surface area contributed by atoms with E-state index in [2.05, 4.69) is 30.7 Å². The van der Waals surface area contributed by atoms with E-state index in [1.54, 1.807) is 0 Å². The number of hydrogen-bond donors (Lipinski definition) is 0. The molecule has 0 spiro atoms. The van der Waals surface area contributed by atoms with Gasteiger partial charge in [-0.15, -0.1) is 12.2 Å². The molecule has 0 saturated heterocycles. The predicted octanol–water partition coefficient (Wildman–Crippen LogP) is 2.31.